The van der Waals surface area contributed by atoms with Gasteiger partial charge in [0.1, 0.15) is 17.2 Å². The number of rotatable bonds is 3. The molecule has 1 aromatic heterocycles. The second-order valence-corrected chi connectivity index (χ2v) is 7.74. The summed E-state index contributed by atoms with van der Waals surface area (Å²) in [7, 11) is 0. The normalized spacial score (nSPS) is 15.8. The van der Waals surface area contributed by atoms with Crippen LogP contribution in [0.15, 0.2) is 22.7 Å². The number of hydrogen-bond acceptors (Lipinski definition) is 5. The summed E-state index contributed by atoms with van der Waals surface area (Å²) in [6.45, 7) is 6.60. The summed E-state index contributed by atoms with van der Waals surface area (Å²) >= 11 is 0. The zero-order valence-electron chi connectivity index (χ0n) is 15.7. The second kappa shape index (κ2) is 7.62. The molecular formula is C19H23F2N3O3. The summed E-state index contributed by atoms with van der Waals surface area (Å²) in [6.07, 6.45) is 1.25. The number of likely N-dealkylation sites (tertiary alicyclic amines) is 1. The molecule has 0 spiro atoms. The van der Waals surface area contributed by atoms with Gasteiger partial charge in [0.25, 0.3) is 0 Å². The molecule has 0 unspecified atom stereocenters. The lowest BCUT2D eigenvalue weighted by Gasteiger charge is -2.32. The highest BCUT2D eigenvalue weighted by Gasteiger charge is 2.30. The fraction of sp³-hybridized carbons (Fsp3) is 0.526. The topological polar surface area (TPSA) is 68.5 Å². The molecule has 8 heteroatoms. The van der Waals surface area contributed by atoms with Crippen LogP contribution in [0.2, 0.25) is 0 Å². The summed E-state index contributed by atoms with van der Waals surface area (Å²) in [5, 5.41) is 3.91. The number of aromatic nitrogens is 2. The Labute approximate surface area is 156 Å². The number of hydrogen-bond donors (Lipinski definition) is 0. The quantitative estimate of drug-likeness (QED) is 0.805. The van der Waals surface area contributed by atoms with E-state index in [1.807, 2.05) is 20.8 Å². The van der Waals surface area contributed by atoms with Crippen LogP contribution in [0.1, 0.15) is 56.8 Å². The van der Waals surface area contributed by atoms with Gasteiger partial charge in [-0.1, -0.05) is 5.16 Å². The highest BCUT2D eigenvalue weighted by molar-refractivity contribution is 5.68. The van der Waals surface area contributed by atoms with E-state index in [4.69, 9.17) is 9.26 Å². The number of carbonyl (C=O) groups excluding carboxylic acids is 1. The minimum atomic E-state index is -0.636. The van der Waals surface area contributed by atoms with E-state index in [1.54, 1.807) is 4.90 Å². The van der Waals surface area contributed by atoms with Gasteiger partial charge in [0.05, 0.1) is 0 Å². The van der Waals surface area contributed by atoms with Crippen molar-refractivity contribution in [2.75, 3.05) is 13.1 Å². The predicted molar refractivity (Wildman–Crippen MR) is 93.2 cm³/mol. The number of halogens is 2. The maximum Gasteiger partial charge on any atom is 0.410 e. The molecule has 3 rings (SSSR count). The van der Waals surface area contributed by atoms with Gasteiger partial charge < -0.3 is 14.2 Å². The molecule has 146 valence electrons. The van der Waals surface area contributed by atoms with Crippen LogP contribution in [0.25, 0.3) is 0 Å². The van der Waals surface area contributed by atoms with E-state index in [0.29, 0.717) is 43.2 Å². The molecule has 1 amide bonds. The molecule has 0 N–H and O–H groups in total. The third-order valence-electron chi connectivity index (χ3n) is 4.26. The van der Waals surface area contributed by atoms with Gasteiger partial charge in [0.15, 0.2) is 5.82 Å². The Kier molecular flexibility index (Phi) is 5.43. The lowest BCUT2D eigenvalue weighted by atomic mass is 9.97. The molecule has 6 nitrogen and oxygen atoms in total. The Bertz CT molecular complexity index is 789. The van der Waals surface area contributed by atoms with E-state index >= 15 is 0 Å². The van der Waals surface area contributed by atoms with Crippen LogP contribution >= 0.6 is 0 Å². The van der Waals surface area contributed by atoms with Crippen molar-refractivity contribution in [2.45, 2.75) is 51.6 Å². The first kappa shape index (κ1) is 19.3. The van der Waals surface area contributed by atoms with Gasteiger partial charge in [0.2, 0.25) is 5.89 Å². The summed E-state index contributed by atoms with van der Waals surface area (Å²) in [6, 6.07) is 3.32. The zero-order valence-corrected chi connectivity index (χ0v) is 15.7. The average molecular weight is 379 g/mol. The zero-order chi connectivity index (χ0) is 19.6. The highest BCUT2D eigenvalue weighted by Crippen LogP contribution is 2.28. The van der Waals surface area contributed by atoms with Gasteiger partial charge in [-0.05, 0) is 51.3 Å². The Morgan fingerprint density at radius 2 is 1.85 bits per heavy atom. The van der Waals surface area contributed by atoms with Crippen LogP contribution in [0.3, 0.4) is 0 Å². The van der Waals surface area contributed by atoms with Crippen molar-refractivity contribution in [1.82, 2.24) is 15.0 Å². The molecule has 0 radical (unpaired) electrons. The first-order valence-corrected chi connectivity index (χ1v) is 8.95. The minimum Gasteiger partial charge on any atom is -0.444 e. The molecule has 27 heavy (non-hydrogen) atoms. The monoisotopic (exact) mass is 379 g/mol. The van der Waals surface area contributed by atoms with Crippen molar-refractivity contribution >= 4 is 6.09 Å². The van der Waals surface area contributed by atoms with Gasteiger partial charge in [-0.15, -0.1) is 0 Å². The van der Waals surface area contributed by atoms with Crippen LogP contribution in [0, 0.1) is 11.6 Å². The van der Waals surface area contributed by atoms with Crippen LogP contribution in [0.4, 0.5) is 13.6 Å². The number of amides is 1. The minimum absolute atomic E-state index is 0.0502. The van der Waals surface area contributed by atoms with Crippen molar-refractivity contribution in [3.8, 4) is 0 Å². The lowest BCUT2D eigenvalue weighted by molar-refractivity contribution is 0.0198. The number of ether oxygens (including phenoxy) is 1. The average Bonchev–Trinajstić information content (AvgIpc) is 3.01. The van der Waals surface area contributed by atoms with E-state index in [-0.39, 0.29) is 18.4 Å². The summed E-state index contributed by atoms with van der Waals surface area (Å²) in [4.78, 5) is 18.1. The fourth-order valence-electron chi connectivity index (χ4n) is 3.04. The molecule has 0 saturated carbocycles. The Morgan fingerprint density at radius 1 is 1.22 bits per heavy atom. The van der Waals surface area contributed by atoms with Crippen molar-refractivity contribution in [3.05, 3.63) is 47.1 Å². The molecule has 0 atom stereocenters. The van der Waals surface area contributed by atoms with Crippen molar-refractivity contribution in [1.29, 1.82) is 0 Å². The first-order valence-electron chi connectivity index (χ1n) is 8.95. The third-order valence-corrected chi connectivity index (χ3v) is 4.26. The molecular weight excluding hydrogens is 356 g/mol. The number of nitrogens with zero attached hydrogens (tertiary/aromatic N) is 3. The SMILES string of the molecule is CC(C)(C)OC(=O)N1CCC(c2nc(Cc3cc(F)cc(F)c3)no2)CC1. The van der Waals surface area contributed by atoms with Crippen LogP contribution in [0.5, 0.6) is 0 Å². The number of piperidine rings is 1. The molecule has 0 aliphatic carbocycles. The first-order chi connectivity index (χ1) is 12.7. The van der Waals surface area contributed by atoms with Gasteiger partial charge in [-0.3, -0.25) is 0 Å². The smallest absolute Gasteiger partial charge is 0.410 e. The summed E-state index contributed by atoms with van der Waals surface area (Å²) < 4.78 is 37.3. The maximum absolute atomic E-state index is 13.3. The molecule has 1 aliphatic heterocycles. The van der Waals surface area contributed by atoms with Gasteiger partial charge in [0, 0.05) is 31.5 Å². The van der Waals surface area contributed by atoms with Gasteiger partial charge in [-0.2, -0.15) is 4.98 Å². The second-order valence-electron chi connectivity index (χ2n) is 7.74. The molecule has 1 aromatic carbocycles. The van der Waals surface area contributed by atoms with E-state index in [1.165, 1.54) is 12.1 Å². The molecule has 1 aliphatic rings. The largest absolute Gasteiger partial charge is 0.444 e. The summed E-state index contributed by atoms with van der Waals surface area (Å²) in [5.74, 6) is -0.351. The maximum atomic E-state index is 13.3. The van der Waals surface area contributed by atoms with Crippen LogP contribution in [-0.4, -0.2) is 39.8 Å². The molecule has 1 saturated heterocycles. The van der Waals surface area contributed by atoms with Crippen molar-refractivity contribution < 1.29 is 22.8 Å². The van der Waals surface area contributed by atoms with E-state index in [2.05, 4.69) is 10.1 Å². The fourth-order valence-corrected chi connectivity index (χ4v) is 3.04. The Morgan fingerprint density at radius 3 is 2.44 bits per heavy atom. The van der Waals surface area contributed by atoms with Gasteiger partial charge in [-0.25, -0.2) is 13.6 Å². The Hall–Kier alpha value is -2.51. The highest BCUT2D eigenvalue weighted by atomic mass is 19.1. The third kappa shape index (κ3) is 5.24. The Balaban J connectivity index is 1.57. The molecule has 1 fully saturated rings. The number of benzene rings is 1. The summed E-state index contributed by atoms with van der Waals surface area (Å²) in [5.41, 5.74) is -0.0780. The van der Waals surface area contributed by atoms with E-state index in [9.17, 15) is 13.6 Å². The number of carbonyl (C=O) groups is 1. The lowest BCUT2D eigenvalue weighted by Crippen LogP contribution is -2.41. The van der Waals surface area contributed by atoms with Crippen molar-refractivity contribution in [3.63, 3.8) is 0 Å². The van der Waals surface area contributed by atoms with E-state index < -0.39 is 17.2 Å². The predicted octanol–water partition coefficient (Wildman–Crippen LogP) is 4.05. The van der Waals surface area contributed by atoms with Gasteiger partial charge >= 0.3 is 6.09 Å². The van der Waals surface area contributed by atoms with E-state index in [0.717, 1.165) is 6.07 Å². The molecule has 2 heterocycles. The molecule has 0 bridgehead atoms. The molecule has 2 aromatic rings. The standard InChI is InChI=1S/C19H23F2N3O3/c1-19(2,3)26-18(25)24-6-4-13(5-7-24)17-22-16(23-27-17)10-12-8-14(20)11-15(21)9-12/h8-9,11,13H,4-7,10H2,1-3H3. The van der Waals surface area contributed by atoms with Crippen molar-refractivity contribution in [2.24, 2.45) is 0 Å². The van der Waals surface area contributed by atoms with Crippen LogP contribution in [-0.2, 0) is 11.2 Å². The van der Waals surface area contributed by atoms with Crippen LogP contribution < -0.4 is 0 Å².